The average Bonchev–Trinajstić information content (AvgIpc) is 3.39. The topological polar surface area (TPSA) is 85.3 Å². The number of ether oxygens (including phenoxy) is 1. The molecule has 3 aromatic rings. The number of carbonyl (C=O) groups is 1. The molecule has 9 nitrogen and oxygen atoms in total. The molecule has 1 N–H and O–H groups in total. The van der Waals surface area contributed by atoms with E-state index in [1.807, 2.05) is 0 Å². The first-order valence-electron chi connectivity index (χ1n) is 14.6. The molecule has 212 valence electrons. The van der Waals surface area contributed by atoms with Gasteiger partial charge in [-0.1, -0.05) is 30.3 Å². The summed E-state index contributed by atoms with van der Waals surface area (Å²) in [6, 6.07) is 13.9. The SMILES string of the molecule is Cc1cccc2cccc(N3CCc4c(nc(OC[C@@H]5CCCN5C)nc4N4CCC(N(C)C(=O)O)CC4)C3)c12. The molecule has 9 heteroatoms. The van der Waals surface area contributed by atoms with Gasteiger partial charge in [0.2, 0.25) is 0 Å². The number of hydrogen-bond acceptors (Lipinski definition) is 7. The summed E-state index contributed by atoms with van der Waals surface area (Å²) in [5.41, 5.74) is 4.75. The molecule has 0 spiro atoms. The minimum Gasteiger partial charge on any atom is -0.465 e. The van der Waals surface area contributed by atoms with Gasteiger partial charge in [0, 0.05) is 55.4 Å². The van der Waals surface area contributed by atoms with Crippen LogP contribution in [0.2, 0.25) is 0 Å². The van der Waals surface area contributed by atoms with Crippen molar-refractivity contribution in [2.75, 3.05) is 56.7 Å². The van der Waals surface area contributed by atoms with Gasteiger partial charge in [-0.25, -0.2) is 4.79 Å². The van der Waals surface area contributed by atoms with Gasteiger partial charge in [-0.05, 0) is 69.6 Å². The zero-order valence-corrected chi connectivity index (χ0v) is 23.8. The van der Waals surface area contributed by atoms with Gasteiger partial charge in [0.15, 0.2) is 0 Å². The van der Waals surface area contributed by atoms with Crippen LogP contribution in [0.15, 0.2) is 36.4 Å². The first-order valence-corrected chi connectivity index (χ1v) is 14.6. The van der Waals surface area contributed by atoms with E-state index in [9.17, 15) is 9.90 Å². The smallest absolute Gasteiger partial charge is 0.407 e. The molecule has 2 aromatic carbocycles. The van der Waals surface area contributed by atoms with Crippen LogP contribution in [0.5, 0.6) is 6.01 Å². The Morgan fingerprint density at radius 2 is 1.82 bits per heavy atom. The van der Waals surface area contributed by atoms with E-state index in [2.05, 4.69) is 65.1 Å². The zero-order valence-electron chi connectivity index (χ0n) is 23.8. The normalized spacial score (nSPS) is 20.1. The van der Waals surface area contributed by atoms with Crippen LogP contribution in [0.1, 0.15) is 42.5 Å². The van der Waals surface area contributed by atoms with Crippen LogP contribution in [0, 0.1) is 6.92 Å². The van der Waals surface area contributed by atoms with Gasteiger partial charge in [0.1, 0.15) is 12.4 Å². The number of amides is 1. The van der Waals surface area contributed by atoms with E-state index in [0.717, 1.165) is 63.4 Å². The average molecular weight is 545 g/mol. The molecule has 2 fully saturated rings. The fourth-order valence-electron chi connectivity index (χ4n) is 6.67. The first-order chi connectivity index (χ1) is 19.4. The van der Waals surface area contributed by atoms with Gasteiger partial charge in [0.05, 0.1) is 12.2 Å². The Bertz CT molecular complexity index is 1380. The lowest BCUT2D eigenvalue weighted by molar-refractivity contribution is 0.131. The molecule has 0 aliphatic carbocycles. The van der Waals surface area contributed by atoms with Crippen molar-refractivity contribution < 1.29 is 14.6 Å². The predicted molar refractivity (Wildman–Crippen MR) is 158 cm³/mol. The standard InChI is InChI=1S/C31H40N6O3/c1-21-7-4-8-22-9-5-11-27(28(21)22)37-18-14-25-26(19-37)32-30(40-20-24-10-6-15-34(24)2)33-29(25)36-16-12-23(13-17-36)35(3)31(38)39/h4-5,7-9,11,23-24H,6,10,12-20H2,1-3H3,(H,38,39)/t24-/m0/s1. The maximum absolute atomic E-state index is 11.5. The number of fused-ring (bicyclic) bond motifs is 2. The molecular formula is C31H40N6O3. The molecule has 3 aliphatic heterocycles. The van der Waals surface area contributed by atoms with E-state index in [1.165, 1.54) is 38.9 Å². The number of likely N-dealkylation sites (tertiary alicyclic amines) is 1. The van der Waals surface area contributed by atoms with Crippen LogP contribution >= 0.6 is 0 Å². The Morgan fingerprint density at radius 1 is 1.05 bits per heavy atom. The van der Waals surface area contributed by atoms with E-state index in [-0.39, 0.29) is 6.04 Å². The molecule has 0 radical (unpaired) electrons. The van der Waals surface area contributed by atoms with Crippen LogP contribution < -0.4 is 14.5 Å². The predicted octanol–water partition coefficient (Wildman–Crippen LogP) is 4.55. The monoisotopic (exact) mass is 544 g/mol. The van der Waals surface area contributed by atoms with E-state index in [1.54, 1.807) is 7.05 Å². The van der Waals surface area contributed by atoms with Crippen molar-refractivity contribution in [1.82, 2.24) is 19.8 Å². The highest BCUT2D eigenvalue weighted by Gasteiger charge is 2.31. The van der Waals surface area contributed by atoms with Crippen LogP contribution in [0.3, 0.4) is 0 Å². The highest BCUT2D eigenvalue weighted by molar-refractivity contribution is 5.97. The van der Waals surface area contributed by atoms with Crippen LogP contribution in [-0.2, 0) is 13.0 Å². The highest BCUT2D eigenvalue weighted by atomic mass is 16.5. The molecule has 1 aromatic heterocycles. The first kappa shape index (κ1) is 26.6. The number of rotatable bonds is 6. The Kier molecular flexibility index (Phi) is 7.40. The molecule has 0 bridgehead atoms. The summed E-state index contributed by atoms with van der Waals surface area (Å²) in [6.45, 7) is 7.00. The molecule has 1 amide bonds. The maximum atomic E-state index is 11.5. The van der Waals surface area contributed by atoms with Crippen molar-refractivity contribution in [3.8, 4) is 6.01 Å². The lowest BCUT2D eigenvalue weighted by atomic mass is 9.99. The third-order valence-corrected chi connectivity index (χ3v) is 9.14. The molecule has 40 heavy (non-hydrogen) atoms. The molecule has 3 aliphatic rings. The molecule has 0 saturated carbocycles. The number of carboxylic acid groups (broad SMARTS) is 1. The van der Waals surface area contributed by atoms with E-state index < -0.39 is 6.09 Å². The summed E-state index contributed by atoms with van der Waals surface area (Å²) >= 11 is 0. The Morgan fingerprint density at radius 3 is 2.55 bits per heavy atom. The van der Waals surface area contributed by atoms with E-state index in [0.29, 0.717) is 25.2 Å². The largest absolute Gasteiger partial charge is 0.465 e. The lowest BCUT2D eigenvalue weighted by Crippen LogP contribution is -2.46. The number of hydrogen-bond donors (Lipinski definition) is 1. The van der Waals surface area contributed by atoms with Gasteiger partial charge >= 0.3 is 12.1 Å². The van der Waals surface area contributed by atoms with E-state index in [4.69, 9.17) is 14.7 Å². The van der Waals surface area contributed by atoms with Crippen LogP contribution in [-0.4, -0.2) is 89.9 Å². The van der Waals surface area contributed by atoms with Gasteiger partial charge < -0.3 is 29.4 Å². The second-order valence-electron chi connectivity index (χ2n) is 11.6. The fraction of sp³-hybridized carbons (Fsp3) is 0.516. The fourth-order valence-corrected chi connectivity index (χ4v) is 6.67. The van der Waals surface area contributed by atoms with Crippen LogP contribution in [0.25, 0.3) is 10.8 Å². The van der Waals surface area contributed by atoms with Gasteiger partial charge in [0.25, 0.3) is 0 Å². The third kappa shape index (κ3) is 5.14. The maximum Gasteiger partial charge on any atom is 0.407 e. The Hall–Kier alpha value is -3.59. The van der Waals surface area contributed by atoms with Gasteiger partial charge in [-0.15, -0.1) is 0 Å². The summed E-state index contributed by atoms with van der Waals surface area (Å²) in [7, 11) is 3.83. The number of likely N-dealkylation sites (N-methyl/N-ethyl adjacent to an activating group) is 1. The van der Waals surface area contributed by atoms with Gasteiger partial charge in [-0.2, -0.15) is 9.97 Å². The number of anilines is 2. The summed E-state index contributed by atoms with van der Waals surface area (Å²) < 4.78 is 6.28. The second-order valence-corrected chi connectivity index (χ2v) is 11.6. The van der Waals surface area contributed by atoms with Crippen LogP contribution in [0.4, 0.5) is 16.3 Å². The van der Waals surface area contributed by atoms with Crippen molar-refractivity contribution in [2.24, 2.45) is 0 Å². The second kappa shape index (κ2) is 11.1. The Balaban J connectivity index is 1.30. The molecule has 1 atom stereocenters. The van der Waals surface area contributed by atoms with Crippen molar-refractivity contribution in [3.05, 3.63) is 53.2 Å². The Labute approximate surface area is 236 Å². The molecular weight excluding hydrogens is 504 g/mol. The number of aromatic nitrogens is 2. The number of nitrogens with zero attached hydrogens (tertiary/aromatic N) is 6. The quantitative estimate of drug-likeness (QED) is 0.484. The zero-order chi connectivity index (χ0) is 27.8. The lowest BCUT2D eigenvalue weighted by Gasteiger charge is -2.38. The number of aryl methyl sites for hydroxylation is 1. The van der Waals surface area contributed by atoms with E-state index >= 15 is 0 Å². The number of piperidine rings is 1. The summed E-state index contributed by atoms with van der Waals surface area (Å²) in [5, 5.41) is 12.0. The van der Waals surface area contributed by atoms with Crippen molar-refractivity contribution in [3.63, 3.8) is 0 Å². The summed E-state index contributed by atoms with van der Waals surface area (Å²) in [6.07, 6.45) is 3.88. The minimum absolute atomic E-state index is 0.0325. The minimum atomic E-state index is -0.866. The molecule has 0 unspecified atom stereocenters. The van der Waals surface area contributed by atoms with Gasteiger partial charge in [-0.3, -0.25) is 0 Å². The molecule has 6 rings (SSSR count). The highest BCUT2D eigenvalue weighted by Crippen LogP contribution is 2.36. The molecule has 4 heterocycles. The third-order valence-electron chi connectivity index (χ3n) is 9.14. The van der Waals surface area contributed by atoms with Crippen molar-refractivity contribution in [2.45, 2.75) is 57.7 Å². The van der Waals surface area contributed by atoms with Crippen molar-refractivity contribution in [1.29, 1.82) is 0 Å². The summed E-state index contributed by atoms with van der Waals surface area (Å²) in [4.78, 5) is 30.1. The summed E-state index contributed by atoms with van der Waals surface area (Å²) in [5.74, 6) is 0.963. The van der Waals surface area contributed by atoms with Crippen molar-refractivity contribution >= 4 is 28.4 Å². The number of benzene rings is 2. The molecule has 2 saturated heterocycles.